The van der Waals surface area contributed by atoms with Crippen LogP contribution in [-0.4, -0.2) is 86.1 Å². The van der Waals surface area contributed by atoms with Gasteiger partial charge in [0.2, 0.25) is 18.2 Å². The Balaban J connectivity index is 0.000000230. The molecule has 0 fully saturated rings. The topological polar surface area (TPSA) is 181 Å². The molecule has 0 aliphatic carbocycles. The molecule has 0 aromatic heterocycles. The van der Waals surface area contributed by atoms with Crippen molar-refractivity contribution in [2.45, 2.75) is 80.5 Å². The van der Waals surface area contributed by atoms with E-state index in [2.05, 4.69) is 55.6 Å². The SMILES string of the molecule is CC.CNCC(=O)NC(C)CSc1c(NSc2ccccc2)cccc1N(C=O)Cc1cccc2ccccc12.CN[C@@H](C)C(=O)NC1CSc2c(NC(=O)c3ccc(C(C)=O)cc3)cccc2N(Cc2cccc3ccccc23)C1=O. The summed E-state index contributed by atoms with van der Waals surface area (Å²) in [6.07, 6.45) is 0.896. The monoisotopic (exact) mass is 1150 g/mol. The number of carbonyl (C=O) groups is 6. The van der Waals surface area contributed by atoms with E-state index in [0.29, 0.717) is 40.6 Å². The Hall–Kier alpha value is -7.93. The summed E-state index contributed by atoms with van der Waals surface area (Å²) < 4.78 is 3.48. The molecule has 17 heteroatoms. The lowest BCUT2D eigenvalue weighted by Gasteiger charge is -2.27. The van der Waals surface area contributed by atoms with E-state index in [9.17, 15) is 28.8 Å². The molecule has 0 bridgehead atoms. The van der Waals surface area contributed by atoms with Crippen molar-refractivity contribution in [3.05, 3.63) is 198 Å². The van der Waals surface area contributed by atoms with Crippen molar-refractivity contribution in [1.82, 2.24) is 21.3 Å². The highest BCUT2D eigenvalue weighted by molar-refractivity contribution is 8.01. The molecule has 5 amide bonds. The molecule has 6 N–H and O–H groups in total. The summed E-state index contributed by atoms with van der Waals surface area (Å²) >= 11 is 4.56. The smallest absolute Gasteiger partial charge is 0.255 e. The zero-order valence-corrected chi connectivity index (χ0v) is 49.6. The van der Waals surface area contributed by atoms with Crippen LogP contribution < -0.4 is 41.1 Å². The van der Waals surface area contributed by atoms with Gasteiger partial charge in [0.1, 0.15) is 6.04 Å². The number of nitrogens with zero attached hydrogens (tertiary/aromatic N) is 2. The minimum Gasteiger partial charge on any atom is -0.352 e. The lowest BCUT2D eigenvalue weighted by atomic mass is 10.0. The van der Waals surface area contributed by atoms with Crippen molar-refractivity contribution in [2.75, 3.05) is 52.0 Å². The van der Waals surface area contributed by atoms with Crippen LogP contribution in [0.5, 0.6) is 0 Å². The summed E-state index contributed by atoms with van der Waals surface area (Å²) in [7, 11) is 3.45. The van der Waals surface area contributed by atoms with Crippen LogP contribution in [0.4, 0.5) is 22.7 Å². The number of rotatable bonds is 21. The molecular weight excluding hydrogens is 1080 g/mol. The van der Waals surface area contributed by atoms with Crippen LogP contribution in [-0.2, 0) is 32.3 Å². The van der Waals surface area contributed by atoms with Gasteiger partial charge in [0.05, 0.1) is 58.2 Å². The van der Waals surface area contributed by atoms with Crippen LogP contribution in [0.2, 0.25) is 0 Å². The fourth-order valence-electron chi connectivity index (χ4n) is 8.99. The molecule has 1 aliphatic heterocycles. The van der Waals surface area contributed by atoms with Crippen molar-refractivity contribution in [2.24, 2.45) is 0 Å². The zero-order chi connectivity index (χ0) is 58.5. The second-order valence-electron chi connectivity index (χ2n) is 19.0. The van der Waals surface area contributed by atoms with Crippen molar-refractivity contribution in [3.63, 3.8) is 0 Å². The maximum Gasteiger partial charge on any atom is 0.255 e. The van der Waals surface area contributed by atoms with Gasteiger partial charge in [0.25, 0.3) is 11.8 Å². The van der Waals surface area contributed by atoms with Crippen molar-refractivity contribution in [1.29, 1.82) is 0 Å². The first-order chi connectivity index (χ1) is 39.8. The van der Waals surface area contributed by atoms with Gasteiger partial charge in [0, 0.05) is 33.6 Å². The number of ketones is 1. The van der Waals surface area contributed by atoms with Gasteiger partial charge in [-0.05, 0) is 128 Å². The molecule has 0 saturated heterocycles. The van der Waals surface area contributed by atoms with Gasteiger partial charge in [-0.15, -0.1) is 23.5 Å². The van der Waals surface area contributed by atoms with Crippen molar-refractivity contribution in [3.8, 4) is 0 Å². The summed E-state index contributed by atoms with van der Waals surface area (Å²) in [5.41, 5.74) is 5.93. The average molecular weight is 1160 g/mol. The standard InChI is InChI=1S/C33H32N4O4S.C30H32N4O2S2.C2H6/c1-20(34-3)31(39)36-28-19-42-30-27(35-32(40)24-16-14-22(15-17-24)21(2)38)12-7-13-29(30)37(33(28)41)18-25-10-6-9-23-8-4-5-11-26(23)25;1-22(32-29(36)18-31-2)20-37-30-27(33-38-25-13-4-3-5-14-25)16-9-17-28(30)34(21-35)19-24-12-8-11-23-10-6-7-15-26(23)24;1-2/h4-17,20,28,34H,18-19H2,1-3H3,(H,35,40)(H,36,39);3-17,21-22,31,33H,18-20H2,1-2H3,(H,32,36);1-2H3/t20-,28?;;/m0../s1. The van der Waals surface area contributed by atoms with E-state index in [1.54, 1.807) is 79.0 Å². The molecule has 2 unspecified atom stereocenters. The number of benzene rings is 8. The van der Waals surface area contributed by atoms with Gasteiger partial charge in [-0.25, -0.2) is 0 Å². The average Bonchev–Trinajstić information content (AvgIpc) is 3.88. The molecule has 14 nitrogen and oxygen atoms in total. The molecule has 1 heterocycles. The normalized spacial score (nSPS) is 13.4. The van der Waals surface area contributed by atoms with Crippen molar-refractivity contribution < 1.29 is 28.8 Å². The van der Waals surface area contributed by atoms with Crippen LogP contribution in [0.1, 0.15) is 66.5 Å². The van der Waals surface area contributed by atoms with Gasteiger partial charge in [-0.2, -0.15) is 0 Å². The number of anilines is 4. The predicted octanol–water partition coefficient (Wildman–Crippen LogP) is 12.0. The van der Waals surface area contributed by atoms with E-state index in [0.717, 1.165) is 65.1 Å². The fourth-order valence-corrected chi connectivity index (χ4v) is 12.0. The third-order valence-corrected chi connectivity index (χ3v) is 16.7. The third kappa shape index (κ3) is 16.2. The van der Waals surface area contributed by atoms with Crippen LogP contribution >= 0.6 is 35.5 Å². The van der Waals surface area contributed by atoms with Gasteiger partial charge in [-0.1, -0.05) is 141 Å². The van der Waals surface area contributed by atoms with Crippen LogP contribution in [0, 0.1) is 0 Å². The van der Waals surface area contributed by atoms with E-state index in [1.165, 1.54) is 30.6 Å². The highest BCUT2D eigenvalue weighted by Crippen LogP contribution is 2.42. The Morgan fingerprint density at radius 2 is 1.32 bits per heavy atom. The summed E-state index contributed by atoms with van der Waals surface area (Å²) in [5, 5.41) is 19.1. The summed E-state index contributed by atoms with van der Waals surface area (Å²) in [6.45, 7) is 10.2. The number of fused-ring (bicyclic) bond motifs is 3. The number of amides is 5. The number of hydrogen-bond acceptors (Lipinski definition) is 12. The van der Waals surface area contributed by atoms with E-state index >= 15 is 0 Å². The molecule has 0 radical (unpaired) electrons. The Morgan fingerprint density at radius 3 is 1.98 bits per heavy atom. The molecule has 0 saturated carbocycles. The van der Waals surface area contributed by atoms with Crippen LogP contribution in [0.25, 0.3) is 21.5 Å². The van der Waals surface area contributed by atoms with Gasteiger partial charge < -0.3 is 41.1 Å². The summed E-state index contributed by atoms with van der Waals surface area (Å²) in [4.78, 5) is 82.6. The zero-order valence-electron chi connectivity index (χ0n) is 47.2. The molecule has 424 valence electrons. The number of thioether (sulfide) groups is 2. The quantitative estimate of drug-likeness (QED) is 0.0174. The van der Waals surface area contributed by atoms with Crippen LogP contribution in [0.15, 0.2) is 191 Å². The third-order valence-electron chi connectivity index (χ3n) is 13.3. The van der Waals surface area contributed by atoms with E-state index in [4.69, 9.17) is 0 Å². The molecular formula is C65H70N8O6S3. The molecule has 3 atom stereocenters. The lowest BCUT2D eigenvalue weighted by molar-refractivity contribution is -0.128. The second kappa shape index (κ2) is 30.8. The molecule has 82 heavy (non-hydrogen) atoms. The van der Waals surface area contributed by atoms with E-state index in [-0.39, 0.29) is 48.5 Å². The molecule has 0 spiro atoms. The van der Waals surface area contributed by atoms with E-state index < -0.39 is 12.1 Å². The molecule has 8 aromatic carbocycles. The van der Waals surface area contributed by atoms with E-state index in [1.807, 2.05) is 136 Å². The largest absolute Gasteiger partial charge is 0.352 e. The minimum absolute atomic E-state index is 0.0441. The highest BCUT2D eigenvalue weighted by Gasteiger charge is 2.34. The first-order valence-corrected chi connectivity index (χ1v) is 29.9. The number of carbonyl (C=O) groups excluding carboxylic acids is 6. The minimum atomic E-state index is -0.775. The van der Waals surface area contributed by atoms with Crippen LogP contribution in [0.3, 0.4) is 0 Å². The van der Waals surface area contributed by atoms with Gasteiger partial charge in [-0.3, -0.25) is 28.8 Å². The number of hydrogen-bond donors (Lipinski definition) is 6. The predicted molar refractivity (Wildman–Crippen MR) is 339 cm³/mol. The number of nitrogens with one attached hydrogen (secondary N) is 6. The summed E-state index contributed by atoms with van der Waals surface area (Å²) in [5.74, 6) is -0.00353. The lowest BCUT2D eigenvalue weighted by Crippen LogP contribution is -2.53. The molecule has 1 aliphatic rings. The fraction of sp³-hybridized carbons (Fsp3) is 0.231. The Labute approximate surface area is 493 Å². The summed E-state index contributed by atoms with van der Waals surface area (Å²) in [6, 6.07) is 55.1. The van der Waals surface area contributed by atoms with Gasteiger partial charge in [0.15, 0.2) is 5.78 Å². The highest BCUT2D eigenvalue weighted by atomic mass is 32.2. The second-order valence-corrected chi connectivity index (χ2v) is 22.0. The molecule has 8 aromatic rings. The van der Waals surface area contributed by atoms with Crippen molar-refractivity contribution >= 4 is 116 Å². The Bertz CT molecular complexity index is 3480. The maximum atomic E-state index is 14.1. The first kappa shape index (κ1) is 61.7. The first-order valence-electron chi connectivity index (χ1n) is 27.2. The molecule has 9 rings (SSSR count). The Kier molecular flexibility index (Phi) is 23.1. The van der Waals surface area contributed by atoms with Gasteiger partial charge >= 0.3 is 0 Å². The number of Topliss-reactive ketones (excluding diaryl/α,β-unsaturated/α-hetero) is 1. The number of likely N-dealkylation sites (N-methyl/N-ethyl adjacent to an activating group) is 2. The Morgan fingerprint density at radius 1 is 0.720 bits per heavy atom. The maximum absolute atomic E-state index is 14.1.